The van der Waals surface area contributed by atoms with E-state index in [-0.39, 0.29) is 66.4 Å². The number of nitrogens with one attached hydrogen (secondary N) is 1. The minimum absolute atomic E-state index is 0. The third-order valence-electron chi connectivity index (χ3n) is 4.39. The molecule has 0 bridgehead atoms. The van der Waals surface area contributed by atoms with Gasteiger partial charge in [-0.15, -0.1) is 6.42 Å². The molecule has 2 N–H and O–H groups in total. The summed E-state index contributed by atoms with van der Waals surface area (Å²) in [5, 5.41) is 16.7. The average molecular weight is 520 g/mol. The van der Waals surface area contributed by atoms with Crippen molar-refractivity contribution in [3.8, 4) is 11.1 Å². The summed E-state index contributed by atoms with van der Waals surface area (Å²) in [4.78, 5) is 24.7. The molecule has 6 nitrogen and oxygen atoms in total. The van der Waals surface area contributed by atoms with Gasteiger partial charge in [0.15, 0.2) is 0 Å². The third kappa shape index (κ3) is 5.56. The van der Waals surface area contributed by atoms with Crippen LogP contribution in [0.25, 0.3) is 11.1 Å². The van der Waals surface area contributed by atoms with Crippen LogP contribution in [0, 0.1) is 6.54 Å². The van der Waals surface area contributed by atoms with Gasteiger partial charge in [0, 0.05) is 45.3 Å². The third-order valence-corrected chi connectivity index (χ3v) is 5.02. The molecule has 1 radical (unpaired) electrons. The van der Waals surface area contributed by atoms with Crippen LogP contribution in [-0.4, -0.2) is 20.8 Å². The Balaban J connectivity index is 0.00000320. The fourth-order valence-corrected chi connectivity index (χ4v) is 3.43. The first-order chi connectivity index (χ1) is 13.9. The number of hydrogen-bond donors (Lipinski definition) is 2. The van der Waals surface area contributed by atoms with E-state index in [4.69, 9.17) is 23.2 Å². The molecule has 30 heavy (non-hydrogen) atoms. The van der Waals surface area contributed by atoms with Crippen molar-refractivity contribution in [1.82, 2.24) is 15.1 Å². The van der Waals surface area contributed by atoms with Gasteiger partial charge in [0.25, 0.3) is 5.56 Å². The Hall–Kier alpha value is -1.57. The van der Waals surface area contributed by atoms with Crippen molar-refractivity contribution in [2.45, 2.75) is 13.0 Å². The van der Waals surface area contributed by atoms with Gasteiger partial charge in [-0.3, -0.25) is 9.59 Å². The number of benzene rings is 2. The molecule has 2 aromatic carbocycles. The molecule has 153 valence electrons. The van der Waals surface area contributed by atoms with Gasteiger partial charge >= 0.3 is 0 Å². The molecule has 0 saturated carbocycles. The van der Waals surface area contributed by atoms with Crippen molar-refractivity contribution in [2.75, 3.05) is 0 Å². The molecule has 3 rings (SSSR count). The summed E-state index contributed by atoms with van der Waals surface area (Å²) >= 11 is 12.1. The van der Waals surface area contributed by atoms with E-state index in [1.54, 1.807) is 43.9 Å². The zero-order valence-corrected chi connectivity index (χ0v) is 20.5. The zero-order chi connectivity index (χ0) is 21.0. The number of halogens is 2. The van der Waals surface area contributed by atoms with Gasteiger partial charge in [0.05, 0.1) is 34.0 Å². The molecular formula is C21H18Cl2N3O3Y-. The van der Waals surface area contributed by atoms with E-state index in [0.717, 1.165) is 5.56 Å². The van der Waals surface area contributed by atoms with Crippen LogP contribution in [0.3, 0.4) is 0 Å². The molecule has 1 amide bonds. The topological polar surface area (TPSA) is 84.2 Å². The van der Waals surface area contributed by atoms with Gasteiger partial charge in [0.1, 0.15) is 0 Å². The quantitative estimate of drug-likeness (QED) is 0.489. The number of nitrogens with zero attached hydrogens (tertiary/aromatic N) is 2. The predicted molar refractivity (Wildman–Crippen MR) is 113 cm³/mol. The van der Waals surface area contributed by atoms with Crippen LogP contribution < -0.4 is 10.9 Å². The Bertz CT molecular complexity index is 1080. The van der Waals surface area contributed by atoms with Crippen LogP contribution in [-0.2, 0) is 52.8 Å². The molecule has 1 aromatic heterocycles. The Morgan fingerprint density at radius 1 is 1.17 bits per heavy atom. The summed E-state index contributed by atoms with van der Waals surface area (Å²) in [7, 11) is 1.56. The molecular weight excluding hydrogens is 502 g/mol. The first-order valence-electron chi connectivity index (χ1n) is 8.74. The normalized spacial score (nSPS) is 10.4. The maximum Gasteiger partial charge on any atom is 0.274 e. The second-order valence-corrected chi connectivity index (χ2v) is 7.12. The summed E-state index contributed by atoms with van der Waals surface area (Å²) in [6.45, 7) is 1.34. The number of rotatable bonds is 6. The van der Waals surface area contributed by atoms with Gasteiger partial charge in [-0.2, -0.15) is 5.10 Å². The minimum Gasteiger partial charge on any atom is -0.501 e. The Kier molecular flexibility index (Phi) is 9.19. The Labute approximate surface area is 209 Å². The van der Waals surface area contributed by atoms with Gasteiger partial charge in [-0.05, 0) is 17.7 Å². The van der Waals surface area contributed by atoms with Crippen molar-refractivity contribution < 1.29 is 42.6 Å². The maximum absolute atomic E-state index is 12.4. The van der Waals surface area contributed by atoms with E-state index in [0.29, 0.717) is 23.1 Å². The first-order valence-corrected chi connectivity index (χ1v) is 9.50. The molecule has 0 fully saturated rings. The number of aromatic nitrogens is 2. The van der Waals surface area contributed by atoms with E-state index in [1.807, 2.05) is 12.1 Å². The Morgan fingerprint density at radius 2 is 1.80 bits per heavy atom. The molecule has 0 aliphatic heterocycles. The van der Waals surface area contributed by atoms with Gasteiger partial charge in [0.2, 0.25) is 5.91 Å². The summed E-state index contributed by atoms with van der Waals surface area (Å²) in [5.41, 5.74) is 2.45. The average Bonchev–Trinajstić information content (AvgIpc) is 2.70. The molecule has 0 aliphatic carbocycles. The smallest absolute Gasteiger partial charge is 0.274 e. The molecule has 0 aliphatic rings. The number of aliphatic hydroxyl groups is 1. The standard InChI is InChI=1S/C21H18Cl2N3O3.Y/c1-26-21(29)18(15(12-27)11-25-26)14-7-5-13(6-8-14)9-10-24-20(28)19-16(22)3-2-4-17(19)23;/h2-8,10-11,27H,9,12H2,1H3,(H,24,28);/q-1;. The molecule has 0 unspecified atom stereocenters. The van der Waals surface area contributed by atoms with Crippen molar-refractivity contribution >= 4 is 29.1 Å². The molecule has 0 atom stereocenters. The summed E-state index contributed by atoms with van der Waals surface area (Å²) in [6, 6.07) is 12.2. The second kappa shape index (κ2) is 11.2. The molecule has 3 aromatic rings. The summed E-state index contributed by atoms with van der Waals surface area (Å²) in [5.74, 6) is -0.384. The monoisotopic (exact) mass is 519 g/mol. The number of amides is 1. The number of carbonyl (C=O) groups excluding carboxylic acids is 1. The maximum atomic E-state index is 12.4. The van der Waals surface area contributed by atoms with Gasteiger partial charge < -0.3 is 10.4 Å². The van der Waals surface area contributed by atoms with E-state index in [9.17, 15) is 14.7 Å². The summed E-state index contributed by atoms with van der Waals surface area (Å²) < 4.78 is 1.23. The summed E-state index contributed by atoms with van der Waals surface area (Å²) in [6.07, 6.45) is 1.95. The SMILES string of the molecule is Cn1ncc(CO)c(-c2ccc(C[CH-]NC(=O)c3c(Cl)cccc3Cl)cc2)c1=O.[Y]. The number of carbonyl (C=O) groups is 1. The largest absolute Gasteiger partial charge is 0.501 e. The fraction of sp³-hybridized carbons (Fsp3) is 0.143. The second-order valence-electron chi connectivity index (χ2n) is 6.31. The zero-order valence-electron chi connectivity index (χ0n) is 16.1. The van der Waals surface area contributed by atoms with Gasteiger partial charge in [-0.1, -0.05) is 59.1 Å². The molecule has 1 heterocycles. The van der Waals surface area contributed by atoms with Crippen LogP contribution in [0.4, 0.5) is 0 Å². The van der Waals surface area contributed by atoms with E-state index >= 15 is 0 Å². The number of hydrogen-bond acceptors (Lipinski definition) is 4. The van der Waals surface area contributed by atoms with Crippen LogP contribution >= 0.6 is 23.2 Å². The number of aliphatic hydroxyl groups excluding tert-OH is 1. The molecule has 9 heteroatoms. The Morgan fingerprint density at radius 3 is 2.40 bits per heavy atom. The van der Waals surface area contributed by atoms with Crippen molar-refractivity contribution in [3.05, 3.63) is 92.3 Å². The van der Waals surface area contributed by atoms with Crippen molar-refractivity contribution in [2.24, 2.45) is 7.05 Å². The van der Waals surface area contributed by atoms with Crippen LogP contribution in [0.1, 0.15) is 21.5 Å². The van der Waals surface area contributed by atoms with E-state index < -0.39 is 0 Å². The van der Waals surface area contributed by atoms with Crippen LogP contribution in [0.15, 0.2) is 53.5 Å². The van der Waals surface area contributed by atoms with Crippen molar-refractivity contribution in [1.29, 1.82) is 0 Å². The van der Waals surface area contributed by atoms with E-state index in [2.05, 4.69) is 10.4 Å². The number of aryl methyl sites for hydroxylation is 1. The van der Waals surface area contributed by atoms with E-state index in [1.165, 1.54) is 10.9 Å². The molecule has 0 saturated heterocycles. The van der Waals surface area contributed by atoms with Crippen LogP contribution in [0.2, 0.25) is 10.0 Å². The molecule has 0 spiro atoms. The minimum atomic E-state index is -0.384. The van der Waals surface area contributed by atoms with Crippen molar-refractivity contribution in [3.63, 3.8) is 0 Å². The fourth-order valence-electron chi connectivity index (χ4n) is 2.86. The van der Waals surface area contributed by atoms with Gasteiger partial charge in [-0.25, -0.2) is 11.2 Å². The predicted octanol–water partition coefficient (Wildman–Crippen LogP) is 3.38. The van der Waals surface area contributed by atoms with Crippen LogP contribution in [0.5, 0.6) is 0 Å². The first kappa shape index (κ1) is 24.7.